The lowest BCUT2D eigenvalue weighted by molar-refractivity contribution is -0.137. The van der Waals surface area contributed by atoms with Crippen molar-refractivity contribution in [1.82, 2.24) is 0 Å². The molecule has 0 saturated carbocycles. The van der Waals surface area contributed by atoms with Crippen LogP contribution in [0.1, 0.15) is 71.1 Å². The number of rotatable bonds is 14. The highest BCUT2D eigenvalue weighted by atomic mass is 16.4. The number of hydrogen-bond acceptors (Lipinski definition) is 1. The van der Waals surface area contributed by atoms with Gasteiger partial charge in [-0.05, 0) is 57.8 Å². The fourth-order valence-corrected chi connectivity index (χ4v) is 1.96. The molecule has 2 nitrogen and oxygen atoms in total. The molecule has 0 bridgehead atoms. The molecule has 124 valence electrons. The summed E-state index contributed by atoms with van der Waals surface area (Å²) in [5.74, 6) is -0.701. The highest BCUT2D eigenvalue weighted by Gasteiger charge is 1.93. The number of hydrogen-bond donors (Lipinski definition) is 1. The van der Waals surface area contributed by atoms with E-state index < -0.39 is 5.97 Å². The lowest BCUT2D eigenvalue weighted by Crippen LogP contribution is -1.92. The minimum Gasteiger partial charge on any atom is -0.481 e. The first-order chi connectivity index (χ1) is 10.8. The van der Waals surface area contributed by atoms with Gasteiger partial charge in [-0.2, -0.15) is 0 Å². The lowest BCUT2D eigenvalue weighted by Gasteiger charge is -1.94. The van der Waals surface area contributed by atoms with Gasteiger partial charge in [0.2, 0.25) is 0 Å². The van der Waals surface area contributed by atoms with Crippen molar-refractivity contribution < 1.29 is 9.90 Å². The summed E-state index contributed by atoms with van der Waals surface area (Å²) in [4.78, 5) is 10.3. The third kappa shape index (κ3) is 18.4. The molecule has 22 heavy (non-hydrogen) atoms. The van der Waals surface area contributed by atoms with Gasteiger partial charge in [0.15, 0.2) is 0 Å². The molecule has 1 N–H and O–H groups in total. The molecule has 0 aromatic heterocycles. The number of carboxylic acid groups (broad SMARTS) is 1. The summed E-state index contributed by atoms with van der Waals surface area (Å²) in [5.41, 5.74) is 0. The molecule has 0 heterocycles. The molecular weight excluding hydrogens is 272 g/mol. The van der Waals surface area contributed by atoms with Crippen LogP contribution in [0.25, 0.3) is 0 Å². The maximum Gasteiger partial charge on any atom is 0.303 e. The van der Waals surface area contributed by atoms with Gasteiger partial charge in [-0.3, -0.25) is 4.79 Å². The van der Waals surface area contributed by atoms with Crippen molar-refractivity contribution in [2.24, 2.45) is 0 Å². The zero-order valence-electron chi connectivity index (χ0n) is 14.0. The average molecular weight is 304 g/mol. The van der Waals surface area contributed by atoms with E-state index in [1.807, 2.05) is 0 Å². The van der Waals surface area contributed by atoms with E-state index in [0.29, 0.717) is 0 Å². The third-order valence-corrected chi connectivity index (χ3v) is 3.20. The van der Waals surface area contributed by atoms with Crippen LogP contribution in [-0.4, -0.2) is 11.1 Å². The van der Waals surface area contributed by atoms with Crippen LogP contribution in [0.3, 0.4) is 0 Å². The van der Waals surface area contributed by atoms with Crippen LogP contribution in [0.5, 0.6) is 0 Å². The Bertz CT molecular complexity index is 362. The van der Waals surface area contributed by atoms with Gasteiger partial charge in [-0.25, -0.2) is 0 Å². The number of carbonyl (C=O) groups is 1. The first-order valence-electron chi connectivity index (χ1n) is 8.59. The molecule has 0 aliphatic heterocycles. The van der Waals surface area contributed by atoms with Crippen molar-refractivity contribution >= 4 is 5.97 Å². The maximum atomic E-state index is 10.3. The first kappa shape index (κ1) is 20.4. The van der Waals surface area contributed by atoms with Crippen LogP contribution in [0.4, 0.5) is 0 Å². The van der Waals surface area contributed by atoms with Gasteiger partial charge in [-0.15, -0.1) is 0 Å². The summed E-state index contributed by atoms with van der Waals surface area (Å²) in [5, 5.41) is 8.50. The zero-order chi connectivity index (χ0) is 16.3. The second-order valence-corrected chi connectivity index (χ2v) is 5.34. The third-order valence-electron chi connectivity index (χ3n) is 3.20. The molecule has 0 rings (SSSR count). The quantitative estimate of drug-likeness (QED) is 0.305. The van der Waals surface area contributed by atoms with E-state index in [-0.39, 0.29) is 6.42 Å². The molecule has 0 aliphatic rings. The Kier molecular flexibility index (Phi) is 16.2. The Morgan fingerprint density at radius 1 is 0.727 bits per heavy atom. The Balaban J connectivity index is 3.31. The fraction of sp³-hybridized carbons (Fsp3) is 0.550. The Labute approximate surface area is 136 Å². The highest BCUT2D eigenvalue weighted by Crippen LogP contribution is 2.04. The van der Waals surface area contributed by atoms with Crippen LogP contribution in [0.15, 0.2) is 48.6 Å². The van der Waals surface area contributed by atoms with Gasteiger partial charge < -0.3 is 5.11 Å². The number of carboxylic acids is 1. The van der Waals surface area contributed by atoms with E-state index >= 15 is 0 Å². The van der Waals surface area contributed by atoms with Crippen molar-refractivity contribution in [3.8, 4) is 0 Å². The fourth-order valence-electron chi connectivity index (χ4n) is 1.96. The molecule has 0 saturated heterocycles. The molecule has 0 aromatic carbocycles. The molecule has 0 atom stereocenters. The van der Waals surface area contributed by atoms with Gasteiger partial charge in [0.25, 0.3) is 0 Å². The SMILES string of the molecule is CCC=CCC=CCC=CCCCCC=CCCCC(=O)O. The Morgan fingerprint density at radius 3 is 1.73 bits per heavy atom. The van der Waals surface area contributed by atoms with Crippen molar-refractivity contribution in [2.45, 2.75) is 71.1 Å². The maximum absolute atomic E-state index is 10.3. The van der Waals surface area contributed by atoms with Crippen molar-refractivity contribution in [3.63, 3.8) is 0 Å². The number of aliphatic carboxylic acids is 1. The smallest absolute Gasteiger partial charge is 0.303 e. The molecule has 0 aromatic rings. The van der Waals surface area contributed by atoms with E-state index in [9.17, 15) is 4.79 Å². The van der Waals surface area contributed by atoms with Crippen molar-refractivity contribution in [2.75, 3.05) is 0 Å². The molecule has 0 fully saturated rings. The molecule has 0 unspecified atom stereocenters. The molecular formula is C20H32O2. The topological polar surface area (TPSA) is 37.3 Å². The lowest BCUT2D eigenvalue weighted by atomic mass is 10.1. The summed E-state index contributed by atoms with van der Waals surface area (Å²) in [6, 6.07) is 0. The van der Waals surface area contributed by atoms with Crippen LogP contribution < -0.4 is 0 Å². The first-order valence-corrected chi connectivity index (χ1v) is 8.59. The van der Waals surface area contributed by atoms with E-state index in [2.05, 4.69) is 55.5 Å². The zero-order valence-corrected chi connectivity index (χ0v) is 14.0. The van der Waals surface area contributed by atoms with Gasteiger partial charge in [0.05, 0.1) is 0 Å². The van der Waals surface area contributed by atoms with Gasteiger partial charge in [-0.1, -0.05) is 55.5 Å². The minimum absolute atomic E-state index is 0.276. The van der Waals surface area contributed by atoms with E-state index in [1.54, 1.807) is 0 Å². The van der Waals surface area contributed by atoms with Crippen LogP contribution in [-0.2, 0) is 4.79 Å². The molecule has 0 aliphatic carbocycles. The summed E-state index contributed by atoms with van der Waals surface area (Å²) in [7, 11) is 0. The number of unbranched alkanes of at least 4 members (excludes halogenated alkanes) is 4. The summed E-state index contributed by atoms with van der Waals surface area (Å²) >= 11 is 0. The second-order valence-electron chi connectivity index (χ2n) is 5.34. The van der Waals surface area contributed by atoms with Crippen molar-refractivity contribution in [1.29, 1.82) is 0 Å². The van der Waals surface area contributed by atoms with E-state index in [1.165, 1.54) is 12.8 Å². The standard InChI is InChI=1S/C20H32O2/c1-2-3-4-5-6-7-8-9-10-11-12-13-14-15-16-17-18-19-20(21)22/h3-4,6-7,9-10,15-16H,2,5,8,11-14,17-19H2,1H3,(H,21,22). The molecule has 0 spiro atoms. The monoisotopic (exact) mass is 304 g/mol. The number of allylic oxidation sites excluding steroid dienone is 8. The molecule has 0 amide bonds. The van der Waals surface area contributed by atoms with E-state index in [0.717, 1.165) is 44.9 Å². The van der Waals surface area contributed by atoms with Crippen LogP contribution >= 0.6 is 0 Å². The minimum atomic E-state index is -0.701. The van der Waals surface area contributed by atoms with Crippen LogP contribution in [0.2, 0.25) is 0 Å². The second kappa shape index (κ2) is 17.5. The summed E-state index contributed by atoms with van der Waals surface area (Å²) < 4.78 is 0. The van der Waals surface area contributed by atoms with E-state index in [4.69, 9.17) is 5.11 Å². The summed E-state index contributed by atoms with van der Waals surface area (Å²) in [6.07, 6.45) is 27.4. The largest absolute Gasteiger partial charge is 0.481 e. The van der Waals surface area contributed by atoms with Gasteiger partial charge in [0.1, 0.15) is 0 Å². The predicted octanol–water partition coefficient (Wildman–Crippen LogP) is 6.22. The average Bonchev–Trinajstić information content (AvgIpc) is 2.50. The Morgan fingerprint density at radius 2 is 1.18 bits per heavy atom. The van der Waals surface area contributed by atoms with Gasteiger partial charge >= 0.3 is 5.97 Å². The van der Waals surface area contributed by atoms with Crippen molar-refractivity contribution in [3.05, 3.63) is 48.6 Å². The summed E-state index contributed by atoms with van der Waals surface area (Å²) in [6.45, 7) is 2.15. The predicted molar refractivity (Wildman–Crippen MR) is 96.0 cm³/mol. The molecule has 2 heteroatoms. The normalized spacial score (nSPS) is 12.4. The Hall–Kier alpha value is -1.57. The molecule has 0 radical (unpaired) electrons. The highest BCUT2D eigenvalue weighted by molar-refractivity contribution is 5.66. The van der Waals surface area contributed by atoms with Gasteiger partial charge in [0, 0.05) is 6.42 Å². The van der Waals surface area contributed by atoms with Crippen LogP contribution in [0, 0.1) is 0 Å².